The minimum atomic E-state index is 0.736. The van der Waals surface area contributed by atoms with E-state index in [4.69, 9.17) is 0 Å². The van der Waals surface area contributed by atoms with Crippen molar-refractivity contribution in [2.45, 2.75) is 30.7 Å². The Balaban J connectivity index is 2.07. The second-order valence-electron chi connectivity index (χ2n) is 4.30. The van der Waals surface area contributed by atoms with Gasteiger partial charge in [-0.3, -0.25) is 0 Å². The van der Waals surface area contributed by atoms with Gasteiger partial charge in [0.1, 0.15) is 0 Å². The molecular weight excluding hydrogens is 158 g/mol. The first kappa shape index (κ1) is 7.57. The molecule has 0 spiro atoms. The minimum Gasteiger partial charge on any atom is -0.316 e. The van der Waals surface area contributed by atoms with Gasteiger partial charge in [-0.1, -0.05) is 24.3 Å². The molecule has 0 aliphatic heterocycles. The van der Waals surface area contributed by atoms with Crippen LogP contribution in [0.4, 0.5) is 0 Å². The van der Waals surface area contributed by atoms with Crippen LogP contribution >= 0.6 is 0 Å². The molecule has 1 aromatic carbocycles. The third-order valence-corrected chi connectivity index (χ3v) is 3.77. The van der Waals surface area contributed by atoms with Gasteiger partial charge in [0.25, 0.3) is 0 Å². The second-order valence-corrected chi connectivity index (χ2v) is 4.30. The lowest BCUT2D eigenvalue weighted by molar-refractivity contribution is 0.506. The van der Waals surface area contributed by atoms with E-state index in [0.29, 0.717) is 0 Å². The van der Waals surface area contributed by atoms with Crippen LogP contribution < -0.4 is 5.32 Å². The van der Waals surface area contributed by atoms with Crippen molar-refractivity contribution in [3.8, 4) is 0 Å². The molecule has 0 amide bonds. The fourth-order valence-electron chi connectivity index (χ4n) is 3.17. The SMILES string of the molecule is CN[C@H]1C[C@@H]2C[C@@H]1c1ccccc12. The largest absolute Gasteiger partial charge is 0.316 e. The smallest absolute Gasteiger partial charge is 0.0139 e. The van der Waals surface area contributed by atoms with Crippen LogP contribution in [0.15, 0.2) is 24.3 Å². The summed E-state index contributed by atoms with van der Waals surface area (Å²) < 4.78 is 0. The average molecular weight is 173 g/mol. The molecule has 0 saturated heterocycles. The highest BCUT2D eigenvalue weighted by molar-refractivity contribution is 5.42. The third kappa shape index (κ3) is 0.910. The Morgan fingerprint density at radius 2 is 1.92 bits per heavy atom. The molecule has 1 N–H and O–H groups in total. The van der Waals surface area contributed by atoms with Gasteiger partial charge in [0.2, 0.25) is 0 Å². The standard InChI is InChI=1S/C12H15N/c1-13-12-7-8-6-11(12)10-5-3-2-4-9(8)10/h2-5,8,11-13H,6-7H2,1H3/t8-,11+,12-/m0/s1. The molecule has 2 bridgehead atoms. The molecule has 0 radical (unpaired) electrons. The minimum absolute atomic E-state index is 0.736. The molecular formula is C12H15N. The third-order valence-electron chi connectivity index (χ3n) is 3.77. The Kier molecular flexibility index (Phi) is 1.50. The summed E-state index contributed by atoms with van der Waals surface area (Å²) in [6.45, 7) is 0. The zero-order valence-electron chi connectivity index (χ0n) is 7.96. The number of hydrogen-bond acceptors (Lipinski definition) is 1. The van der Waals surface area contributed by atoms with Crippen molar-refractivity contribution < 1.29 is 0 Å². The number of fused-ring (bicyclic) bond motifs is 5. The van der Waals surface area contributed by atoms with Gasteiger partial charge in [-0.2, -0.15) is 0 Å². The van der Waals surface area contributed by atoms with Crippen LogP contribution in [0, 0.1) is 0 Å². The Morgan fingerprint density at radius 3 is 2.69 bits per heavy atom. The summed E-state index contributed by atoms with van der Waals surface area (Å²) in [7, 11) is 2.09. The predicted molar refractivity (Wildman–Crippen MR) is 54.0 cm³/mol. The number of hydrogen-bond donors (Lipinski definition) is 1. The number of rotatable bonds is 1. The van der Waals surface area contributed by atoms with Crippen molar-refractivity contribution >= 4 is 0 Å². The maximum absolute atomic E-state index is 3.44. The van der Waals surface area contributed by atoms with E-state index in [1.165, 1.54) is 12.8 Å². The zero-order valence-corrected chi connectivity index (χ0v) is 7.96. The van der Waals surface area contributed by atoms with Crippen LogP contribution in [0.3, 0.4) is 0 Å². The van der Waals surface area contributed by atoms with E-state index < -0.39 is 0 Å². The predicted octanol–water partition coefficient (Wildman–Crippen LogP) is 2.25. The summed E-state index contributed by atoms with van der Waals surface area (Å²) in [5, 5.41) is 3.44. The van der Waals surface area contributed by atoms with Gasteiger partial charge < -0.3 is 5.32 Å². The zero-order chi connectivity index (χ0) is 8.84. The quantitative estimate of drug-likeness (QED) is 0.687. The molecule has 2 aliphatic rings. The van der Waals surface area contributed by atoms with E-state index >= 15 is 0 Å². The van der Waals surface area contributed by atoms with E-state index in [-0.39, 0.29) is 0 Å². The summed E-state index contributed by atoms with van der Waals surface area (Å²) in [6.07, 6.45) is 2.73. The van der Waals surface area contributed by atoms with E-state index in [2.05, 4.69) is 36.6 Å². The van der Waals surface area contributed by atoms with Gasteiger partial charge in [-0.15, -0.1) is 0 Å². The molecule has 0 unspecified atom stereocenters. The lowest BCUT2D eigenvalue weighted by Gasteiger charge is -2.23. The highest BCUT2D eigenvalue weighted by Gasteiger charge is 2.42. The summed E-state index contributed by atoms with van der Waals surface area (Å²) in [6, 6.07) is 9.70. The molecule has 1 saturated carbocycles. The molecule has 0 heterocycles. The fraction of sp³-hybridized carbons (Fsp3) is 0.500. The Hall–Kier alpha value is -0.820. The Morgan fingerprint density at radius 1 is 1.15 bits per heavy atom. The van der Waals surface area contributed by atoms with Crippen molar-refractivity contribution in [2.24, 2.45) is 0 Å². The first-order valence-corrected chi connectivity index (χ1v) is 5.16. The summed E-state index contributed by atoms with van der Waals surface area (Å²) in [5.41, 5.74) is 3.23. The highest BCUT2D eigenvalue weighted by atomic mass is 14.9. The van der Waals surface area contributed by atoms with Crippen LogP contribution in [0.1, 0.15) is 35.8 Å². The lowest BCUT2D eigenvalue weighted by Crippen LogP contribution is -2.29. The molecule has 2 aliphatic carbocycles. The molecule has 1 nitrogen and oxygen atoms in total. The van der Waals surface area contributed by atoms with E-state index in [0.717, 1.165) is 17.9 Å². The molecule has 68 valence electrons. The fourth-order valence-corrected chi connectivity index (χ4v) is 3.17. The van der Waals surface area contributed by atoms with E-state index in [1.54, 1.807) is 11.1 Å². The van der Waals surface area contributed by atoms with Gasteiger partial charge in [-0.05, 0) is 36.9 Å². The molecule has 3 rings (SSSR count). The molecule has 1 aromatic rings. The van der Waals surface area contributed by atoms with Gasteiger partial charge in [-0.25, -0.2) is 0 Å². The molecule has 0 aromatic heterocycles. The van der Waals surface area contributed by atoms with Crippen LogP contribution in [0.5, 0.6) is 0 Å². The van der Waals surface area contributed by atoms with Crippen molar-refractivity contribution in [1.82, 2.24) is 5.32 Å². The lowest BCUT2D eigenvalue weighted by atomic mass is 9.88. The normalized spacial score (nSPS) is 35.0. The molecule has 1 heteroatoms. The number of benzene rings is 1. The summed E-state index contributed by atoms with van der Waals surface area (Å²) in [5.74, 6) is 1.64. The Bertz CT molecular complexity index is 330. The topological polar surface area (TPSA) is 12.0 Å². The van der Waals surface area contributed by atoms with Crippen LogP contribution in [0.25, 0.3) is 0 Å². The van der Waals surface area contributed by atoms with Gasteiger partial charge in [0.05, 0.1) is 0 Å². The van der Waals surface area contributed by atoms with E-state index in [1.807, 2.05) is 0 Å². The van der Waals surface area contributed by atoms with Gasteiger partial charge >= 0.3 is 0 Å². The molecule has 13 heavy (non-hydrogen) atoms. The first-order chi connectivity index (χ1) is 6.40. The maximum Gasteiger partial charge on any atom is 0.0139 e. The van der Waals surface area contributed by atoms with Gasteiger partial charge in [0, 0.05) is 12.0 Å². The van der Waals surface area contributed by atoms with Crippen molar-refractivity contribution in [1.29, 1.82) is 0 Å². The van der Waals surface area contributed by atoms with Crippen molar-refractivity contribution in [3.05, 3.63) is 35.4 Å². The Labute approximate surface area is 79.2 Å². The van der Waals surface area contributed by atoms with Crippen molar-refractivity contribution in [2.75, 3.05) is 7.05 Å². The summed E-state index contributed by atoms with van der Waals surface area (Å²) >= 11 is 0. The van der Waals surface area contributed by atoms with Crippen LogP contribution in [0.2, 0.25) is 0 Å². The maximum atomic E-state index is 3.44. The monoisotopic (exact) mass is 173 g/mol. The number of likely N-dealkylation sites (N-methyl/N-ethyl adjacent to an activating group) is 1. The van der Waals surface area contributed by atoms with Gasteiger partial charge in [0.15, 0.2) is 0 Å². The average Bonchev–Trinajstić information content (AvgIpc) is 2.75. The molecule has 1 fully saturated rings. The van der Waals surface area contributed by atoms with Crippen LogP contribution in [-0.2, 0) is 0 Å². The molecule has 3 atom stereocenters. The van der Waals surface area contributed by atoms with Crippen molar-refractivity contribution in [3.63, 3.8) is 0 Å². The second kappa shape index (κ2) is 2.58. The van der Waals surface area contributed by atoms with E-state index in [9.17, 15) is 0 Å². The number of nitrogens with one attached hydrogen (secondary N) is 1. The first-order valence-electron chi connectivity index (χ1n) is 5.16. The van der Waals surface area contributed by atoms with Crippen LogP contribution in [-0.4, -0.2) is 13.1 Å². The highest BCUT2D eigenvalue weighted by Crippen LogP contribution is 2.52. The summed E-state index contributed by atoms with van der Waals surface area (Å²) in [4.78, 5) is 0.